The van der Waals surface area contributed by atoms with E-state index in [-0.39, 0.29) is 5.56 Å². The summed E-state index contributed by atoms with van der Waals surface area (Å²) in [5, 5.41) is 42.8. The summed E-state index contributed by atoms with van der Waals surface area (Å²) in [4.78, 5) is 24.3. The molecule has 1 aliphatic heterocycles. The van der Waals surface area contributed by atoms with Crippen molar-refractivity contribution in [3.8, 4) is 11.1 Å². The maximum Gasteiger partial charge on any atom is 0.323 e. The van der Waals surface area contributed by atoms with Crippen LogP contribution in [0.2, 0.25) is 0 Å². The number of hydrogen-bond acceptors (Lipinski definition) is 7. The lowest BCUT2D eigenvalue weighted by molar-refractivity contribution is -0.233. The van der Waals surface area contributed by atoms with Crippen LogP contribution in [0.1, 0.15) is 10.4 Å². The normalized spacial score (nSPS) is 26.6. The maximum atomic E-state index is 12.3. The molecular weight excluding hydrogens is 380 g/mol. The van der Waals surface area contributed by atoms with Gasteiger partial charge >= 0.3 is 6.03 Å². The van der Waals surface area contributed by atoms with E-state index in [0.717, 1.165) is 11.1 Å². The molecule has 1 fully saturated rings. The van der Waals surface area contributed by atoms with Crippen molar-refractivity contribution in [3.05, 3.63) is 60.2 Å². The summed E-state index contributed by atoms with van der Waals surface area (Å²) >= 11 is 0. The molecule has 0 radical (unpaired) electrons. The molecule has 3 rings (SSSR count). The van der Waals surface area contributed by atoms with Crippen molar-refractivity contribution in [1.82, 2.24) is 10.6 Å². The summed E-state index contributed by atoms with van der Waals surface area (Å²) < 4.78 is 5.16. The molecule has 2 aromatic rings. The molecule has 9 nitrogen and oxygen atoms in total. The SMILES string of the molecule is O=C(NC(=O)c1ccc(-c2ccccc2)cc1)N[C@@H]1O[C@H](CO)[C@@H](O)[C@H](O)[C@H]1O. The lowest BCUT2D eigenvalue weighted by atomic mass is 9.98. The second-order valence-corrected chi connectivity index (χ2v) is 6.62. The van der Waals surface area contributed by atoms with Gasteiger partial charge in [0.1, 0.15) is 24.4 Å². The zero-order valence-corrected chi connectivity index (χ0v) is 15.3. The van der Waals surface area contributed by atoms with Crippen LogP contribution in [0.15, 0.2) is 54.6 Å². The second-order valence-electron chi connectivity index (χ2n) is 6.62. The van der Waals surface area contributed by atoms with Crippen LogP contribution in [0, 0.1) is 0 Å². The van der Waals surface area contributed by atoms with Crippen LogP contribution in [0.4, 0.5) is 4.79 Å². The topological polar surface area (TPSA) is 148 Å². The molecule has 0 aromatic heterocycles. The van der Waals surface area contributed by atoms with E-state index in [4.69, 9.17) is 9.84 Å². The Labute approximate surface area is 166 Å². The second kappa shape index (κ2) is 9.12. The number of carbonyl (C=O) groups is 2. The lowest BCUT2D eigenvalue weighted by Crippen LogP contribution is -2.64. The van der Waals surface area contributed by atoms with E-state index in [1.807, 2.05) is 30.3 Å². The summed E-state index contributed by atoms with van der Waals surface area (Å²) in [6.07, 6.45) is -7.40. The van der Waals surface area contributed by atoms with Gasteiger partial charge in [0.15, 0.2) is 6.23 Å². The van der Waals surface area contributed by atoms with Crippen LogP contribution in [0.5, 0.6) is 0 Å². The Morgan fingerprint density at radius 1 is 0.862 bits per heavy atom. The first-order valence-electron chi connectivity index (χ1n) is 8.98. The minimum atomic E-state index is -1.64. The van der Waals surface area contributed by atoms with Gasteiger partial charge in [0, 0.05) is 5.56 Å². The average Bonchev–Trinajstić information content (AvgIpc) is 2.74. The number of aliphatic hydroxyl groups is 4. The zero-order valence-electron chi connectivity index (χ0n) is 15.3. The van der Waals surface area contributed by atoms with Crippen LogP contribution in [-0.4, -0.2) is 69.6 Å². The van der Waals surface area contributed by atoms with Crippen molar-refractivity contribution in [2.45, 2.75) is 30.6 Å². The highest BCUT2D eigenvalue weighted by Crippen LogP contribution is 2.20. The molecule has 1 aliphatic rings. The molecular formula is C20H22N2O7. The molecule has 0 aliphatic carbocycles. The molecule has 154 valence electrons. The lowest BCUT2D eigenvalue weighted by Gasteiger charge is -2.39. The number of benzene rings is 2. The number of urea groups is 1. The van der Waals surface area contributed by atoms with Crippen LogP contribution in [0.25, 0.3) is 11.1 Å². The van der Waals surface area contributed by atoms with Gasteiger partial charge in [0.2, 0.25) is 0 Å². The third kappa shape index (κ3) is 4.78. The van der Waals surface area contributed by atoms with Crippen molar-refractivity contribution in [1.29, 1.82) is 0 Å². The fourth-order valence-electron chi connectivity index (χ4n) is 3.01. The number of hydrogen-bond donors (Lipinski definition) is 6. The molecule has 0 unspecified atom stereocenters. The van der Waals surface area contributed by atoms with E-state index in [1.54, 1.807) is 24.3 Å². The first-order valence-corrected chi connectivity index (χ1v) is 8.98. The van der Waals surface area contributed by atoms with Gasteiger partial charge in [-0.25, -0.2) is 4.79 Å². The summed E-state index contributed by atoms with van der Waals surface area (Å²) in [6.45, 7) is -0.628. The number of nitrogens with one attached hydrogen (secondary N) is 2. The fourth-order valence-corrected chi connectivity index (χ4v) is 3.01. The summed E-state index contributed by atoms with van der Waals surface area (Å²) in [6, 6.07) is 15.2. The molecule has 0 spiro atoms. The Morgan fingerprint density at radius 2 is 1.48 bits per heavy atom. The monoisotopic (exact) mass is 402 g/mol. The smallest absolute Gasteiger partial charge is 0.323 e. The zero-order chi connectivity index (χ0) is 21.0. The molecule has 1 heterocycles. The molecule has 2 aromatic carbocycles. The van der Waals surface area contributed by atoms with E-state index >= 15 is 0 Å². The number of ether oxygens (including phenoxy) is 1. The Bertz CT molecular complexity index is 842. The third-order valence-electron chi connectivity index (χ3n) is 4.65. The van der Waals surface area contributed by atoms with Crippen molar-refractivity contribution in [2.24, 2.45) is 0 Å². The Hall–Kier alpha value is -2.82. The van der Waals surface area contributed by atoms with E-state index in [1.165, 1.54) is 0 Å². The summed E-state index contributed by atoms with van der Waals surface area (Å²) in [5.41, 5.74) is 2.14. The quantitative estimate of drug-likeness (QED) is 0.407. The summed E-state index contributed by atoms with van der Waals surface area (Å²) in [7, 11) is 0. The van der Waals surface area contributed by atoms with Gasteiger partial charge < -0.3 is 30.5 Å². The van der Waals surface area contributed by atoms with E-state index in [9.17, 15) is 24.9 Å². The number of aliphatic hydroxyl groups excluding tert-OH is 4. The highest BCUT2D eigenvalue weighted by atomic mass is 16.6. The van der Waals surface area contributed by atoms with Crippen molar-refractivity contribution >= 4 is 11.9 Å². The predicted octanol–water partition coefficient (Wildman–Crippen LogP) is -0.407. The minimum Gasteiger partial charge on any atom is -0.394 e. The van der Waals surface area contributed by atoms with Gasteiger partial charge in [-0.1, -0.05) is 42.5 Å². The van der Waals surface area contributed by atoms with Gasteiger partial charge in [0.25, 0.3) is 5.91 Å². The predicted molar refractivity (Wildman–Crippen MR) is 102 cm³/mol. The van der Waals surface area contributed by atoms with E-state index in [0.29, 0.717) is 0 Å². The molecule has 0 bridgehead atoms. The van der Waals surface area contributed by atoms with Gasteiger partial charge in [-0.2, -0.15) is 0 Å². The molecule has 1 saturated heterocycles. The van der Waals surface area contributed by atoms with Crippen molar-refractivity contribution in [2.75, 3.05) is 6.61 Å². The first-order chi connectivity index (χ1) is 13.9. The summed E-state index contributed by atoms with van der Waals surface area (Å²) in [5.74, 6) is -0.674. The third-order valence-corrected chi connectivity index (χ3v) is 4.65. The highest BCUT2D eigenvalue weighted by Gasteiger charge is 2.44. The first kappa shape index (κ1) is 20.9. The Balaban J connectivity index is 1.60. The Morgan fingerprint density at radius 3 is 2.10 bits per heavy atom. The maximum absolute atomic E-state index is 12.3. The highest BCUT2D eigenvalue weighted by molar-refractivity contribution is 6.04. The number of amides is 3. The fraction of sp³-hybridized carbons (Fsp3) is 0.300. The van der Waals surface area contributed by atoms with E-state index in [2.05, 4.69) is 10.6 Å². The molecule has 3 amide bonds. The van der Waals surface area contributed by atoms with Crippen molar-refractivity contribution < 1.29 is 34.8 Å². The molecule has 9 heteroatoms. The Kier molecular flexibility index (Phi) is 6.57. The van der Waals surface area contributed by atoms with Crippen molar-refractivity contribution in [3.63, 3.8) is 0 Å². The molecule has 29 heavy (non-hydrogen) atoms. The number of carbonyl (C=O) groups excluding carboxylic acids is 2. The standard InChI is InChI=1S/C20H22N2O7/c23-10-14-15(24)16(25)17(26)19(29-14)22-20(28)21-18(27)13-8-6-12(7-9-13)11-4-2-1-3-5-11/h1-9,14-17,19,23-26H,10H2,(H2,21,22,27,28)/t14-,15-,16+,17-,19-/m1/s1. The van der Waals surface area contributed by atoms with Gasteiger partial charge in [0.05, 0.1) is 6.61 Å². The minimum absolute atomic E-state index is 0.244. The number of rotatable bonds is 4. The van der Waals surface area contributed by atoms with Gasteiger partial charge in [-0.05, 0) is 23.3 Å². The average molecular weight is 402 g/mol. The molecule has 0 saturated carbocycles. The molecule has 5 atom stereocenters. The number of imide groups is 1. The van der Waals surface area contributed by atoms with Crippen LogP contribution in [0.3, 0.4) is 0 Å². The largest absolute Gasteiger partial charge is 0.394 e. The van der Waals surface area contributed by atoms with Crippen LogP contribution >= 0.6 is 0 Å². The van der Waals surface area contributed by atoms with Crippen LogP contribution in [-0.2, 0) is 4.74 Å². The van der Waals surface area contributed by atoms with Gasteiger partial charge in [-0.15, -0.1) is 0 Å². The van der Waals surface area contributed by atoms with Gasteiger partial charge in [-0.3, -0.25) is 10.1 Å². The molecule has 6 N–H and O–H groups in total. The van der Waals surface area contributed by atoms with E-state index < -0.39 is 49.2 Å². The van der Waals surface area contributed by atoms with Crippen LogP contribution < -0.4 is 10.6 Å².